The number of rotatable bonds is 7. The molecule has 1 heterocycles. The number of nitrogens with zero attached hydrogens (tertiary/aromatic N) is 1. The predicted octanol–water partition coefficient (Wildman–Crippen LogP) is 0.0958. The Morgan fingerprint density at radius 1 is 1.19 bits per heavy atom. The molecule has 0 aromatic carbocycles. The smallest absolute Gasteiger partial charge is 0.382 e. The fraction of sp³-hybridized carbons (Fsp3) is 1.00. The summed E-state index contributed by atoms with van der Waals surface area (Å²) in [4.78, 5) is 2.37. The van der Waals surface area contributed by atoms with E-state index in [-0.39, 0.29) is 4.13 Å². The van der Waals surface area contributed by atoms with Crippen LogP contribution in [0.4, 0.5) is 7.77 Å². The molecule has 128 valence electrons. The van der Waals surface area contributed by atoms with E-state index in [0.29, 0.717) is 19.3 Å². The van der Waals surface area contributed by atoms with E-state index in [0.717, 1.165) is 6.73 Å². The Balaban J connectivity index is 0.000000400. The standard InChI is InChI=1S/C9H19NO2.F2HNO4S2/c1-9-4-3-5-10(9)8-12-7-6-11-2;1-8(4,5)3-9(2,6)7/h9H,3-8H2,1-2H3;3H. The lowest BCUT2D eigenvalue weighted by molar-refractivity contribution is 0.000726. The second-order valence-electron chi connectivity index (χ2n) is 4.29. The summed E-state index contributed by atoms with van der Waals surface area (Å²) >= 11 is 0. The first kappa shape index (κ1) is 20.6. The van der Waals surface area contributed by atoms with Crippen molar-refractivity contribution in [3.63, 3.8) is 0 Å². The number of hydrogen-bond acceptors (Lipinski definition) is 7. The Morgan fingerprint density at radius 3 is 2.10 bits per heavy atom. The van der Waals surface area contributed by atoms with Gasteiger partial charge in [-0.3, -0.25) is 4.90 Å². The summed E-state index contributed by atoms with van der Waals surface area (Å²) in [5, 5.41) is 0. The van der Waals surface area contributed by atoms with Gasteiger partial charge in [-0.05, 0) is 19.8 Å². The Bertz CT molecular complexity index is 454. The van der Waals surface area contributed by atoms with Crippen LogP contribution >= 0.6 is 0 Å². The molecule has 1 saturated heterocycles. The predicted molar refractivity (Wildman–Crippen MR) is 71.3 cm³/mol. The van der Waals surface area contributed by atoms with Gasteiger partial charge in [0.1, 0.15) is 0 Å². The van der Waals surface area contributed by atoms with Crippen molar-refractivity contribution in [1.29, 1.82) is 0 Å². The molecule has 1 aliphatic rings. The third-order valence-corrected chi connectivity index (χ3v) is 4.17. The summed E-state index contributed by atoms with van der Waals surface area (Å²) in [5.41, 5.74) is 0. The fourth-order valence-corrected chi connectivity index (χ4v) is 2.58. The van der Waals surface area contributed by atoms with Crippen molar-refractivity contribution in [3.8, 4) is 0 Å². The van der Waals surface area contributed by atoms with Crippen LogP contribution in [0, 0.1) is 0 Å². The van der Waals surface area contributed by atoms with Crippen molar-refractivity contribution < 1.29 is 34.1 Å². The average molecular weight is 354 g/mol. The maximum absolute atomic E-state index is 11.1. The van der Waals surface area contributed by atoms with Crippen molar-refractivity contribution in [2.45, 2.75) is 25.8 Å². The quantitative estimate of drug-likeness (QED) is 0.511. The van der Waals surface area contributed by atoms with Crippen molar-refractivity contribution >= 4 is 20.8 Å². The van der Waals surface area contributed by atoms with Crippen LogP contribution < -0.4 is 4.13 Å². The Morgan fingerprint density at radius 2 is 1.76 bits per heavy atom. The number of methoxy groups -OCH3 is 1. The molecule has 0 saturated carbocycles. The third kappa shape index (κ3) is 13.0. The van der Waals surface area contributed by atoms with Crippen LogP contribution in [-0.2, 0) is 30.3 Å². The minimum absolute atomic E-state index is 0.0694. The molecule has 0 spiro atoms. The zero-order valence-corrected chi connectivity index (χ0v) is 13.4. The molecule has 0 bridgehead atoms. The number of ether oxygens (including phenoxy) is 2. The van der Waals surface area contributed by atoms with Crippen LogP contribution in [0.5, 0.6) is 0 Å². The highest BCUT2D eigenvalue weighted by molar-refractivity contribution is 7.99. The molecule has 12 heteroatoms. The molecule has 21 heavy (non-hydrogen) atoms. The van der Waals surface area contributed by atoms with Gasteiger partial charge in [-0.2, -0.15) is 16.8 Å². The highest BCUT2D eigenvalue weighted by Crippen LogP contribution is 2.15. The summed E-state index contributed by atoms with van der Waals surface area (Å²) in [6.07, 6.45) is 2.63. The lowest BCUT2D eigenvalue weighted by atomic mass is 10.2. The monoisotopic (exact) mass is 354 g/mol. The van der Waals surface area contributed by atoms with E-state index in [1.54, 1.807) is 7.11 Å². The molecule has 0 aromatic heterocycles. The van der Waals surface area contributed by atoms with E-state index in [1.165, 1.54) is 19.4 Å². The number of halogens is 2. The molecule has 1 rings (SSSR count). The van der Waals surface area contributed by atoms with Gasteiger partial charge < -0.3 is 9.47 Å². The second kappa shape index (κ2) is 9.58. The summed E-state index contributed by atoms with van der Waals surface area (Å²) in [5.74, 6) is 0. The molecule has 0 aliphatic carbocycles. The maximum Gasteiger partial charge on any atom is 0.387 e. The van der Waals surface area contributed by atoms with E-state index in [1.807, 2.05) is 0 Å². The van der Waals surface area contributed by atoms with Crippen LogP contribution in [0.2, 0.25) is 0 Å². The van der Waals surface area contributed by atoms with Gasteiger partial charge in [-0.1, -0.05) is 11.9 Å². The Hall–Kier alpha value is -0.400. The van der Waals surface area contributed by atoms with Gasteiger partial charge in [-0.15, -0.1) is 0 Å². The van der Waals surface area contributed by atoms with E-state index in [4.69, 9.17) is 9.47 Å². The molecule has 1 unspecified atom stereocenters. The van der Waals surface area contributed by atoms with E-state index < -0.39 is 20.8 Å². The number of likely N-dealkylation sites (tertiary alicyclic amines) is 1. The third-order valence-electron chi connectivity index (χ3n) is 2.58. The first-order valence-electron chi connectivity index (χ1n) is 6.03. The fourth-order valence-electron chi connectivity index (χ4n) is 1.63. The SMILES string of the molecule is COCCOCN1CCCC1C.O=S(=O)(F)NS(=O)(=O)F. The molecule has 0 aromatic rings. The van der Waals surface area contributed by atoms with Crippen molar-refractivity contribution in [1.82, 2.24) is 9.03 Å². The minimum atomic E-state index is -5.49. The topological polar surface area (TPSA) is 102 Å². The second-order valence-corrected chi connectivity index (χ2v) is 6.71. The van der Waals surface area contributed by atoms with Crippen molar-refractivity contribution in [2.24, 2.45) is 0 Å². The van der Waals surface area contributed by atoms with Crippen molar-refractivity contribution in [3.05, 3.63) is 0 Å². The average Bonchev–Trinajstić information content (AvgIpc) is 2.66. The number of nitrogens with one attached hydrogen (secondary N) is 1. The minimum Gasteiger partial charge on any atom is -0.382 e. The first-order chi connectivity index (χ1) is 9.55. The van der Waals surface area contributed by atoms with Crippen molar-refractivity contribution in [2.75, 3.05) is 33.6 Å². The molecular weight excluding hydrogens is 334 g/mol. The van der Waals surface area contributed by atoms with Gasteiger partial charge in [0.2, 0.25) is 0 Å². The summed E-state index contributed by atoms with van der Waals surface area (Å²) in [7, 11) is -9.29. The Labute approximate surface area is 124 Å². The highest BCUT2D eigenvalue weighted by atomic mass is 32.3. The van der Waals surface area contributed by atoms with Crippen LogP contribution in [0.1, 0.15) is 19.8 Å². The number of hydrogen-bond donors (Lipinski definition) is 1. The zero-order chi connectivity index (χ0) is 16.5. The van der Waals surface area contributed by atoms with E-state index in [9.17, 15) is 24.6 Å². The molecule has 1 aliphatic heterocycles. The molecule has 1 fully saturated rings. The van der Waals surface area contributed by atoms with Gasteiger partial charge in [0.15, 0.2) is 0 Å². The van der Waals surface area contributed by atoms with E-state index in [2.05, 4.69) is 11.8 Å². The normalized spacial score (nSPS) is 20.1. The van der Waals surface area contributed by atoms with Gasteiger partial charge in [0, 0.05) is 19.7 Å². The molecule has 1 atom stereocenters. The zero-order valence-electron chi connectivity index (χ0n) is 11.8. The van der Waals surface area contributed by atoms with Crippen LogP contribution in [0.25, 0.3) is 0 Å². The van der Waals surface area contributed by atoms with Gasteiger partial charge in [-0.25, -0.2) is 0 Å². The van der Waals surface area contributed by atoms with Crippen LogP contribution in [0.3, 0.4) is 0 Å². The molecule has 0 amide bonds. The van der Waals surface area contributed by atoms with Gasteiger partial charge in [0.05, 0.1) is 19.9 Å². The highest BCUT2D eigenvalue weighted by Gasteiger charge is 2.19. The summed E-state index contributed by atoms with van der Waals surface area (Å²) < 4.78 is 69.6. The summed E-state index contributed by atoms with van der Waals surface area (Å²) in [6, 6.07) is 0.701. The van der Waals surface area contributed by atoms with Gasteiger partial charge in [0.25, 0.3) is 0 Å². The van der Waals surface area contributed by atoms with E-state index >= 15 is 0 Å². The maximum atomic E-state index is 11.1. The van der Waals surface area contributed by atoms with Crippen LogP contribution in [0.15, 0.2) is 0 Å². The largest absolute Gasteiger partial charge is 0.387 e. The molecule has 1 N–H and O–H groups in total. The molecular formula is C9H20F2N2O6S2. The lowest BCUT2D eigenvalue weighted by Gasteiger charge is -2.20. The van der Waals surface area contributed by atoms with Crippen LogP contribution in [-0.4, -0.2) is 61.4 Å². The molecule has 0 radical (unpaired) electrons. The van der Waals surface area contributed by atoms with Gasteiger partial charge >= 0.3 is 20.8 Å². The summed E-state index contributed by atoms with van der Waals surface area (Å²) in [6.45, 7) is 5.62. The molecule has 8 nitrogen and oxygen atoms in total. The first-order valence-corrected chi connectivity index (χ1v) is 8.80. The Kier molecular flexibility index (Phi) is 9.40. The lowest BCUT2D eigenvalue weighted by Crippen LogP contribution is -2.29.